The molecule has 1 aliphatic carbocycles. The zero-order chi connectivity index (χ0) is 42.4. The summed E-state index contributed by atoms with van der Waals surface area (Å²) in [5.74, 6) is 0.577. The molecule has 1 heterocycles. The number of nitrogens with zero attached hydrogens (tertiary/aromatic N) is 1. The molecule has 0 N–H and O–H groups in total. The van der Waals surface area contributed by atoms with Gasteiger partial charge in [0, 0.05) is 33.3 Å². The highest BCUT2D eigenvalue weighted by Crippen LogP contribution is 2.47. The minimum Gasteiger partial charge on any atom is -0.455 e. The first-order chi connectivity index (χ1) is 31.7. The summed E-state index contributed by atoms with van der Waals surface area (Å²) < 4.78 is 6.58. The Morgan fingerprint density at radius 3 is 1.81 bits per heavy atom. The van der Waals surface area contributed by atoms with Gasteiger partial charge in [-0.3, -0.25) is 0 Å². The normalized spacial score (nSPS) is 13.2. The van der Waals surface area contributed by atoms with Crippen molar-refractivity contribution in [1.29, 1.82) is 0 Å². The standard InChI is InChI=1S/C62H47NO/c1-2-15-45(16-3-1)53-27-12-19-47-20-13-29-57(61(47)53)55-24-6-8-31-59(55)63(50-22-10-21-48(41-50)54-28-14-30-58-56-25-7-9-32-60(56)64-62(54)58)49-39-37-43(38-40-49)42-33-35-46(36-34-42)52-26-11-18-44-17-4-5-23-51(44)52/h4-14,17-41,45H,1-3,15-16H2. The van der Waals surface area contributed by atoms with Crippen molar-refractivity contribution in [3.63, 3.8) is 0 Å². The zero-order valence-electron chi connectivity index (χ0n) is 35.8. The van der Waals surface area contributed by atoms with Crippen molar-refractivity contribution >= 4 is 60.5 Å². The van der Waals surface area contributed by atoms with Crippen LogP contribution in [0.5, 0.6) is 0 Å². The van der Waals surface area contributed by atoms with E-state index in [0.29, 0.717) is 5.92 Å². The second-order valence-electron chi connectivity index (χ2n) is 17.4. The summed E-state index contributed by atoms with van der Waals surface area (Å²) in [7, 11) is 0. The van der Waals surface area contributed by atoms with Crippen LogP contribution in [0.3, 0.4) is 0 Å². The summed E-state index contributed by atoms with van der Waals surface area (Å²) in [6.07, 6.45) is 6.45. The molecule has 0 saturated heterocycles. The van der Waals surface area contributed by atoms with Gasteiger partial charge in [-0.05, 0) is 116 Å². The molecule has 10 aromatic carbocycles. The summed E-state index contributed by atoms with van der Waals surface area (Å²) in [4.78, 5) is 2.45. The summed E-state index contributed by atoms with van der Waals surface area (Å²) in [5.41, 5.74) is 16.2. The van der Waals surface area contributed by atoms with E-state index >= 15 is 0 Å². The molecule has 0 bridgehead atoms. The molecule has 0 unspecified atom stereocenters. The molecular weight excluding hydrogens is 775 g/mol. The maximum Gasteiger partial charge on any atom is 0.143 e. The van der Waals surface area contributed by atoms with Gasteiger partial charge < -0.3 is 9.32 Å². The van der Waals surface area contributed by atoms with Crippen LogP contribution in [0.15, 0.2) is 223 Å². The molecule has 0 amide bonds. The van der Waals surface area contributed by atoms with Gasteiger partial charge in [0.25, 0.3) is 0 Å². The number of rotatable bonds is 8. The third kappa shape index (κ3) is 6.74. The molecule has 11 aromatic rings. The Kier molecular flexibility index (Phi) is 9.64. The van der Waals surface area contributed by atoms with Gasteiger partial charge >= 0.3 is 0 Å². The fourth-order valence-electron chi connectivity index (χ4n) is 10.6. The lowest BCUT2D eigenvalue weighted by molar-refractivity contribution is 0.445. The first-order valence-electron chi connectivity index (χ1n) is 22.9. The second kappa shape index (κ2) is 16.2. The molecule has 306 valence electrons. The highest BCUT2D eigenvalue weighted by molar-refractivity contribution is 6.10. The maximum absolute atomic E-state index is 6.58. The molecule has 2 heteroatoms. The van der Waals surface area contributed by atoms with Crippen LogP contribution < -0.4 is 4.90 Å². The fourth-order valence-corrected chi connectivity index (χ4v) is 10.6. The van der Waals surface area contributed by atoms with Gasteiger partial charge in [-0.15, -0.1) is 0 Å². The molecule has 0 aliphatic heterocycles. The number of furan rings is 1. The van der Waals surface area contributed by atoms with Gasteiger partial charge in [0.05, 0.1) is 5.69 Å². The molecule has 64 heavy (non-hydrogen) atoms. The Morgan fingerprint density at radius 2 is 0.969 bits per heavy atom. The first kappa shape index (κ1) is 38.0. The largest absolute Gasteiger partial charge is 0.455 e. The third-order valence-corrected chi connectivity index (χ3v) is 13.7. The number of para-hydroxylation sites is 3. The summed E-state index contributed by atoms with van der Waals surface area (Å²) >= 11 is 0. The van der Waals surface area contributed by atoms with Crippen LogP contribution in [0.2, 0.25) is 0 Å². The van der Waals surface area contributed by atoms with E-state index in [1.165, 1.54) is 92.6 Å². The predicted octanol–water partition coefficient (Wildman–Crippen LogP) is 18.1. The topological polar surface area (TPSA) is 16.4 Å². The average Bonchev–Trinajstić information content (AvgIpc) is 3.76. The Labute approximate surface area is 374 Å². The van der Waals surface area contributed by atoms with Gasteiger partial charge in [-0.2, -0.15) is 0 Å². The molecule has 0 spiro atoms. The van der Waals surface area contributed by atoms with Crippen LogP contribution in [0.1, 0.15) is 43.6 Å². The highest BCUT2D eigenvalue weighted by atomic mass is 16.3. The number of fused-ring (bicyclic) bond motifs is 5. The lowest BCUT2D eigenvalue weighted by Gasteiger charge is -2.29. The van der Waals surface area contributed by atoms with Gasteiger partial charge in [-0.25, -0.2) is 0 Å². The Balaban J connectivity index is 0.995. The van der Waals surface area contributed by atoms with Crippen LogP contribution in [0, 0.1) is 0 Å². The van der Waals surface area contributed by atoms with Crippen molar-refractivity contribution in [3.05, 3.63) is 224 Å². The minimum atomic E-state index is 0.577. The molecule has 0 atom stereocenters. The SMILES string of the molecule is c1cc(-c2cccc3c2oc2ccccc23)cc(N(c2ccc(-c3ccc(-c4cccc5ccccc45)cc3)cc2)c2ccccc2-c2cccc3cccc(C4CCCCC4)c23)c1. The van der Waals surface area contributed by atoms with Crippen LogP contribution in [0.25, 0.3) is 88.0 Å². The fraction of sp³-hybridized carbons (Fsp3) is 0.0968. The number of benzene rings is 10. The van der Waals surface area contributed by atoms with E-state index in [1.54, 1.807) is 0 Å². The number of hydrogen-bond acceptors (Lipinski definition) is 2. The molecular formula is C62H47NO. The van der Waals surface area contributed by atoms with Crippen molar-refractivity contribution in [2.75, 3.05) is 4.90 Å². The molecule has 1 saturated carbocycles. The second-order valence-corrected chi connectivity index (χ2v) is 17.4. The number of anilines is 3. The molecule has 1 aromatic heterocycles. The van der Waals surface area contributed by atoms with Gasteiger partial charge in [0.1, 0.15) is 11.2 Å². The van der Waals surface area contributed by atoms with E-state index in [4.69, 9.17) is 4.42 Å². The first-order valence-corrected chi connectivity index (χ1v) is 22.9. The summed E-state index contributed by atoms with van der Waals surface area (Å²) in [5, 5.41) is 7.49. The smallest absolute Gasteiger partial charge is 0.143 e. The van der Waals surface area contributed by atoms with Crippen molar-refractivity contribution in [1.82, 2.24) is 0 Å². The van der Waals surface area contributed by atoms with E-state index in [-0.39, 0.29) is 0 Å². The Hall–Kier alpha value is -7.68. The molecule has 2 nitrogen and oxygen atoms in total. The van der Waals surface area contributed by atoms with E-state index in [0.717, 1.165) is 50.1 Å². The zero-order valence-corrected chi connectivity index (χ0v) is 35.8. The summed E-state index contributed by atoms with van der Waals surface area (Å²) in [6.45, 7) is 0. The van der Waals surface area contributed by atoms with Gasteiger partial charge in [0.2, 0.25) is 0 Å². The molecule has 1 fully saturated rings. The van der Waals surface area contributed by atoms with E-state index in [2.05, 4.69) is 217 Å². The molecule has 1 aliphatic rings. The monoisotopic (exact) mass is 821 g/mol. The third-order valence-electron chi connectivity index (χ3n) is 13.7. The van der Waals surface area contributed by atoms with Crippen LogP contribution in [0.4, 0.5) is 17.1 Å². The average molecular weight is 822 g/mol. The highest BCUT2D eigenvalue weighted by Gasteiger charge is 2.23. The lowest BCUT2D eigenvalue weighted by Crippen LogP contribution is -2.11. The van der Waals surface area contributed by atoms with E-state index < -0.39 is 0 Å². The quantitative estimate of drug-likeness (QED) is 0.152. The van der Waals surface area contributed by atoms with Crippen molar-refractivity contribution < 1.29 is 4.42 Å². The van der Waals surface area contributed by atoms with Crippen molar-refractivity contribution in [2.45, 2.75) is 38.0 Å². The molecule has 12 rings (SSSR count). The Bertz CT molecular complexity index is 3470. The van der Waals surface area contributed by atoms with E-state index in [1.807, 2.05) is 6.07 Å². The van der Waals surface area contributed by atoms with Crippen LogP contribution >= 0.6 is 0 Å². The van der Waals surface area contributed by atoms with Crippen molar-refractivity contribution in [2.24, 2.45) is 0 Å². The summed E-state index contributed by atoms with van der Waals surface area (Å²) in [6, 6.07) is 80.0. The van der Waals surface area contributed by atoms with E-state index in [9.17, 15) is 0 Å². The predicted molar refractivity (Wildman–Crippen MR) is 271 cm³/mol. The minimum absolute atomic E-state index is 0.577. The van der Waals surface area contributed by atoms with Crippen molar-refractivity contribution in [3.8, 4) is 44.5 Å². The maximum atomic E-state index is 6.58. The molecule has 0 radical (unpaired) electrons. The Morgan fingerprint density at radius 1 is 0.375 bits per heavy atom. The van der Waals surface area contributed by atoms with Crippen LogP contribution in [-0.2, 0) is 0 Å². The number of hydrogen-bond donors (Lipinski definition) is 0. The lowest BCUT2D eigenvalue weighted by atomic mass is 9.80. The van der Waals surface area contributed by atoms with Gasteiger partial charge in [0.15, 0.2) is 0 Å². The van der Waals surface area contributed by atoms with Gasteiger partial charge in [-0.1, -0.05) is 201 Å². The van der Waals surface area contributed by atoms with Crippen LogP contribution in [-0.4, -0.2) is 0 Å².